The van der Waals surface area contributed by atoms with E-state index in [0.717, 1.165) is 27.2 Å². The number of amides is 1. The molecule has 7 nitrogen and oxygen atoms in total. The molecule has 3 aromatic carbocycles. The van der Waals surface area contributed by atoms with Gasteiger partial charge >= 0.3 is 0 Å². The van der Waals surface area contributed by atoms with Crippen LogP contribution in [0.3, 0.4) is 0 Å². The highest BCUT2D eigenvalue weighted by Gasteiger charge is 2.12. The highest BCUT2D eigenvalue weighted by molar-refractivity contribution is 6.06. The van der Waals surface area contributed by atoms with Gasteiger partial charge in [-0.2, -0.15) is 0 Å². The quantitative estimate of drug-likeness (QED) is 0.387. The van der Waals surface area contributed by atoms with Crippen molar-refractivity contribution in [2.75, 3.05) is 25.5 Å². The summed E-state index contributed by atoms with van der Waals surface area (Å²) in [4.78, 5) is 21.3. The van der Waals surface area contributed by atoms with Crippen molar-refractivity contribution in [1.82, 2.24) is 19.9 Å². The number of anilines is 1. The Hall–Kier alpha value is -3.97. The van der Waals surface area contributed by atoms with Crippen LogP contribution < -0.4 is 11.1 Å². The molecule has 1 amide bonds. The Bertz CT molecular complexity index is 1430. The van der Waals surface area contributed by atoms with Crippen LogP contribution in [0.15, 0.2) is 73.1 Å². The summed E-state index contributed by atoms with van der Waals surface area (Å²) in [6.07, 6.45) is 1.76. The molecule has 160 valence electrons. The first-order valence-electron chi connectivity index (χ1n) is 10.5. The van der Waals surface area contributed by atoms with Crippen molar-refractivity contribution in [2.45, 2.75) is 6.54 Å². The Labute approximate surface area is 184 Å². The molecule has 7 heteroatoms. The molecule has 0 atom stereocenters. The van der Waals surface area contributed by atoms with Crippen LogP contribution in [-0.2, 0) is 11.3 Å². The summed E-state index contributed by atoms with van der Waals surface area (Å²) in [5, 5.41) is 6.09. The van der Waals surface area contributed by atoms with Gasteiger partial charge in [0, 0.05) is 24.0 Å². The van der Waals surface area contributed by atoms with E-state index < -0.39 is 0 Å². The smallest absolute Gasteiger partial charge is 0.251 e. The number of fused-ring (bicyclic) bond motifs is 4. The van der Waals surface area contributed by atoms with Crippen LogP contribution in [0, 0.1) is 0 Å². The van der Waals surface area contributed by atoms with Crippen LogP contribution in [0.2, 0.25) is 0 Å². The number of pyridine rings is 1. The number of nitrogen functional groups attached to an aromatic ring is 1. The lowest BCUT2D eigenvalue weighted by molar-refractivity contribution is 0.0909. The monoisotopic (exact) mass is 425 g/mol. The van der Waals surface area contributed by atoms with Gasteiger partial charge in [0.25, 0.3) is 5.91 Å². The number of imidazole rings is 1. The van der Waals surface area contributed by atoms with Crippen molar-refractivity contribution in [1.29, 1.82) is 0 Å². The molecule has 5 aromatic rings. The summed E-state index contributed by atoms with van der Waals surface area (Å²) in [5.41, 5.74) is 9.23. The number of carbonyl (C=O) groups excluding carboxylic acids is 1. The molecule has 0 saturated carbocycles. The van der Waals surface area contributed by atoms with Gasteiger partial charge in [-0.15, -0.1) is 0 Å². The maximum absolute atomic E-state index is 12.4. The lowest BCUT2D eigenvalue weighted by atomic mass is 10.1. The Morgan fingerprint density at radius 1 is 1.00 bits per heavy atom. The molecule has 0 fully saturated rings. The molecule has 0 aliphatic rings. The second-order valence-corrected chi connectivity index (χ2v) is 7.58. The SMILES string of the molecule is Nc1nc2ccccc2c2c1ncn2CCOCCNC(=O)c1ccc2ccccc2c1. The van der Waals surface area contributed by atoms with E-state index in [1.54, 1.807) is 6.33 Å². The van der Waals surface area contributed by atoms with Gasteiger partial charge < -0.3 is 20.4 Å². The Morgan fingerprint density at radius 2 is 1.81 bits per heavy atom. The number of nitrogens with zero attached hydrogens (tertiary/aromatic N) is 3. The summed E-state index contributed by atoms with van der Waals surface area (Å²) in [6.45, 7) is 1.99. The van der Waals surface area contributed by atoms with Gasteiger partial charge in [-0.3, -0.25) is 4.79 Å². The van der Waals surface area contributed by atoms with E-state index in [4.69, 9.17) is 10.5 Å². The van der Waals surface area contributed by atoms with Gasteiger partial charge in [0.05, 0.1) is 30.6 Å². The first-order valence-corrected chi connectivity index (χ1v) is 10.5. The lowest BCUT2D eigenvalue weighted by Crippen LogP contribution is -2.27. The fraction of sp³-hybridized carbons (Fsp3) is 0.160. The molecule has 32 heavy (non-hydrogen) atoms. The number of hydrogen-bond donors (Lipinski definition) is 2. The molecule has 0 bridgehead atoms. The van der Waals surface area contributed by atoms with Gasteiger partial charge in [-0.05, 0) is 29.0 Å². The van der Waals surface area contributed by atoms with E-state index in [1.807, 2.05) is 71.3 Å². The topological polar surface area (TPSA) is 95.1 Å². The zero-order valence-corrected chi connectivity index (χ0v) is 17.5. The average Bonchev–Trinajstić information content (AvgIpc) is 3.26. The summed E-state index contributed by atoms with van der Waals surface area (Å²) in [7, 11) is 0. The molecule has 0 radical (unpaired) electrons. The molecule has 2 heterocycles. The molecule has 0 aliphatic carbocycles. The molecule has 0 spiro atoms. The number of nitrogens with two attached hydrogens (primary N) is 1. The summed E-state index contributed by atoms with van der Waals surface area (Å²) < 4.78 is 7.78. The van der Waals surface area contributed by atoms with Crippen LogP contribution in [0.25, 0.3) is 32.7 Å². The van der Waals surface area contributed by atoms with Gasteiger partial charge in [-0.1, -0.05) is 48.5 Å². The van der Waals surface area contributed by atoms with Gasteiger partial charge in [0.2, 0.25) is 0 Å². The Kier molecular flexibility index (Phi) is 5.39. The van der Waals surface area contributed by atoms with Gasteiger partial charge in [0.1, 0.15) is 5.52 Å². The van der Waals surface area contributed by atoms with Crippen molar-refractivity contribution in [3.63, 3.8) is 0 Å². The second kappa shape index (κ2) is 8.64. The zero-order chi connectivity index (χ0) is 21.9. The van der Waals surface area contributed by atoms with Crippen molar-refractivity contribution in [3.8, 4) is 0 Å². The normalized spacial score (nSPS) is 11.4. The average molecular weight is 425 g/mol. The van der Waals surface area contributed by atoms with E-state index in [1.165, 1.54) is 0 Å². The van der Waals surface area contributed by atoms with Crippen LogP contribution in [0.4, 0.5) is 5.82 Å². The van der Waals surface area contributed by atoms with E-state index in [0.29, 0.717) is 43.2 Å². The number of ether oxygens (including phenoxy) is 1. The van der Waals surface area contributed by atoms with E-state index >= 15 is 0 Å². The molecular weight excluding hydrogens is 402 g/mol. The molecule has 0 saturated heterocycles. The summed E-state index contributed by atoms with van der Waals surface area (Å²) in [5.74, 6) is 0.323. The zero-order valence-electron chi connectivity index (χ0n) is 17.5. The van der Waals surface area contributed by atoms with Crippen LogP contribution >= 0.6 is 0 Å². The second-order valence-electron chi connectivity index (χ2n) is 7.58. The molecule has 2 aromatic heterocycles. The third-order valence-electron chi connectivity index (χ3n) is 5.50. The van der Waals surface area contributed by atoms with Crippen molar-refractivity contribution in [2.24, 2.45) is 0 Å². The standard InChI is InChI=1S/C25H23N5O2/c26-24-22-23(20-7-3-4-8-21(20)29-24)30(16-28-22)12-14-32-13-11-27-25(31)19-10-9-17-5-1-2-6-18(17)15-19/h1-10,15-16H,11-14H2,(H2,26,29)(H,27,31). The number of rotatable bonds is 7. The molecular formula is C25H23N5O2. The molecule has 3 N–H and O–H groups in total. The highest BCUT2D eigenvalue weighted by Crippen LogP contribution is 2.26. The van der Waals surface area contributed by atoms with Crippen molar-refractivity contribution in [3.05, 3.63) is 78.6 Å². The number of hydrogen-bond acceptors (Lipinski definition) is 5. The van der Waals surface area contributed by atoms with Crippen molar-refractivity contribution < 1.29 is 9.53 Å². The first-order chi connectivity index (χ1) is 15.7. The van der Waals surface area contributed by atoms with Crippen molar-refractivity contribution >= 4 is 44.4 Å². The molecule has 0 aliphatic heterocycles. The first kappa shape index (κ1) is 20.0. The van der Waals surface area contributed by atoms with Crippen LogP contribution in [-0.4, -0.2) is 40.2 Å². The number of para-hydroxylation sites is 1. The third kappa shape index (κ3) is 3.86. The van der Waals surface area contributed by atoms with Crippen LogP contribution in [0.1, 0.15) is 10.4 Å². The summed E-state index contributed by atoms with van der Waals surface area (Å²) >= 11 is 0. The lowest BCUT2D eigenvalue weighted by Gasteiger charge is -2.09. The van der Waals surface area contributed by atoms with Gasteiger partial charge in [-0.25, -0.2) is 9.97 Å². The van der Waals surface area contributed by atoms with E-state index in [-0.39, 0.29) is 5.91 Å². The fourth-order valence-electron chi connectivity index (χ4n) is 3.91. The maximum atomic E-state index is 12.4. The number of nitrogens with one attached hydrogen (secondary N) is 1. The predicted molar refractivity (Wildman–Crippen MR) is 127 cm³/mol. The Balaban J connectivity index is 1.16. The van der Waals surface area contributed by atoms with Gasteiger partial charge in [0.15, 0.2) is 5.82 Å². The third-order valence-corrected chi connectivity index (χ3v) is 5.50. The summed E-state index contributed by atoms with van der Waals surface area (Å²) in [6, 6.07) is 21.6. The minimum Gasteiger partial charge on any atom is -0.382 e. The fourth-order valence-corrected chi connectivity index (χ4v) is 3.91. The van der Waals surface area contributed by atoms with E-state index in [9.17, 15) is 4.79 Å². The number of benzene rings is 3. The van der Waals surface area contributed by atoms with E-state index in [2.05, 4.69) is 15.3 Å². The predicted octanol–water partition coefficient (Wildman–Crippen LogP) is 3.77. The largest absolute Gasteiger partial charge is 0.382 e. The number of aromatic nitrogens is 3. The minimum atomic E-state index is -0.102. The van der Waals surface area contributed by atoms with Crippen LogP contribution in [0.5, 0.6) is 0 Å². The minimum absolute atomic E-state index is 0.102. The number of carbonyl (C=O) groups is 1. The maximum Gasteiger partial charge on any atom is 0.251 e. The molecule has 0 unspecified atom stereocenters. The Morgan fingerprint density at radius 3 is 2.72 bits per heavy atom. The molecule has 5 rings (SSSR count). The highest BCUT2D eigenvalue weighted by atomic mass is 16.5.